The Balaban J connectivity index is 2.18. The minimum atomic E-state index is -1.06. The number of nitrogens with zero attached hydrogens (tertiary/aromatic N) is 3. The van der Waals surface area contributed by atoms with Gasteiger partial charge < -0.3 is 14.6 Å². The maximum absolute atomic E-state index is 12.4. The second-order valence-electron chi connectivity index (χ2n) is 5.93. The van der Waals surface area contributed by atoms with Gasteiger partial charge in [-0.15, -0.1) is 0 Å². The molecular weight excluding hydrogens is 246 g/mol. The van der Waals surface area contributed by atoms with Gasteiger partial charge in [-0.05, 0) is 5.41 Å². The lowest BCUT2D eigenvalue weighted by atomic mass is 9.79. The summed E-state index contributed by atoms with van der Waals surface area (Å²) in [6.45, 7) is 6.89. The number of hydrogen-bond acceptors (Lipinski definition) is 3. The van der Waals surface area contributed by atoms with Gasteiger partial charge in [0.2, 0.25) is 5.91 Å². The first-order valence-corrected chi connectivity index (χ1v) is 6.32. The van der Waals surface area contributed by atoms with Crippen LogP contribution in [-0.4, -0.2) is 38.0 Å². The topological polar surface area (TPSA) is 75.4 Å². The molecule has 1 unspecified atom stereocenters. The van der Waals surface area contributed by atoms with Crippen molar-refractivity contribution in [3.8, 4) is 0 Å². The number of rotatable bonds is 2. The van der Waals surface area contributed by atoms with Crippen LogP contribution in [-0.2, 0) is 22.7 Å². The maximum atomic E-state index is 12.4. The van der Waals surface area contributed by atoms with Gasteiger partial charge in [0.15, 0.2) is 0 Å². The average molecular weight is 265 g/mol. The van der Waals surface area contributed by atoms with Crippen LogP contribution in [0.5, 0.6) is 0 Å². The monoisotopic (exact) mass is 265 g/mol. The van der Waals surface area contributed by atoms with Gasteiger partial charge in [-0.1, -0.05) is 20.8 Å². The number of carboxylic acid groups (broad SMARTS) is 1. The Morgan fingerprint density at radius 2 is 2.05 bits per heavy atom. The van der Waals surface area contributed by atoms with E-state index < -0.39 is 17.3 Å². The van der Waals surface area contributed by atoms with Gasteiger partial charge in [0, 0.05) is 25.5 Å². The number of amides is 1. The van der Waals surface area contributed by atoms with Gasteiger partial charge in [-0.2, -0.15) is 0 Å². The van der Waals surface area contributed by atoms with Crippen molar-refractivity contribution >= 4 is 11.9 Å². The maximum Gasteiger partial charge on any atom is 0.316 e. The van der Waals surface area contributed by atoms with E-state index >= 15 is 0 Å². The average Bonchev–Trinajstić information content (AvgIpc) is 2.72. The molecule has 1 aliphatic heterocycles. The molecule has 1 aliphatic rings. The van der Waals surface area contributed by atoms with Crippen LogP contribution in [0.3, 0.4) is 0 Å². The zero-order chi connectivity index (χ0) is 14.2. The van der Waals surface area contributed by atoms with Crippen LogP contribution in [0, 0.1) is 11.3 Å². The highest BCUT2D eigenvalue weighted by atomic mass is 16.4. The smallest absolute Gasteiger partial charge is 0.316 e. The van der Waals surface area contributed by atoms with Gasteiger partial charge in [-0.3, -0.25) is 9.59 Å². The number of aliphatic carboxylic acids is 1. The minimum absolute atomic E-state index is 0.325. The minimum Gasteiger partial charge on any atom is -0.481 e. The molecule has 0 bridgehead atoms. The SMILES string of the molecule is CC(C)(C)C(C(=O)O)C(=O)N1CCn2ccnc2C1. The Morgan fingerprint density at radius 1 is 1.37 bits per heavy atom. The molecule has 0 aromatic carbocycles. The lowest BCUT2D eigenvalue weighted by Crippen LogP contribution is -2.47. The third-order valence-electron chi connectivity index (χ3n) is 3.42. The first kappa shape index (κ1) is 13.6. The first-order chi connectivity index (χ1) is 8.80. The zero-order valence-electron chi connectivity index (χ0n) is 11.5. The summed E-state index contributed by atoms with van der Waals surface area (Å²) in [6, 6.07) is 0. The Hall–Kier alpha value is -1.85. The molecule has 2 heterocycles. The second kappa shape index (κ2) is 4.68. The summed E-state index contributed by atoms with van der Waals surface area (Å²) in [5.41, 5.74) is -0.601. The fourth-order valence-corrected chi connectivity index (χ4v) is 2.39. The van der Waals surface area contributed by atoms with E-state index in [9.17, 15) is 14.7 Å². The summed E-state index contributed by atoms with van der Waals surface area (Å²) in [6.07, 6.45) is 3.57. The molecule has 1 atom stereocenters. The van der Waals surface area contributed by atoms with E-state index in [1.54, 1.807) is 31.9 Å². The summed E-state index contributed by atoms with van der Waals surface area (Å²) in [5, 5.41) is 9.30. The highest BCUT2D eigenvalue weighted by Gasteiger charge is 2.40. The largest absolute Gasteiger partial charge is 0.481 e. The molecule has 0 aliphatic carbocycles. The van der Waals surface area contributed by atoms with Crippen LogP contribution in [0.2, 0.25) is 0 Å². The van der Waals surface area contributed by atoms with Crippen LogP contribution < -0.4 is 0 Å². The Kier molecular flexibility index (Phi) is 3.34. The molecule has 0 radical (unpaired) electrons. The summed E-state index contributed by atoms with van der Waals surface area (Å²) < 4.78 is 1.98. The summed E-state index contributed by atoms with van der Waals surface area (Å²) in [7, 11) is 0. The van der Waals surface area contributed by atoms with Crippen molar-refractivity contribution < 1.29 is 14.7 Å². The molecular formula is C13H19N3O3. The van der Waals surface area contributed by atoms with Crippen molar-refractivity contribution in [1.29, 1.82) is 0 Å². The molecule has 1 aromatic heterocycles. The van der Waals surface area contributed by atoms with Crippen LogP contribution in [0.25, 0.3) is 0 Å². The Bertz CT molecular complexity index is 501. The van der Waals surface area contributed by atoms with Crippen molar-refractivity contribution in [2.75, 3.05) is 6.54 Å². The standard InChI is InChI=1S/C13H19N3O3/c1-13(2,3)10(12(18)19)11(17)16-7-6-15-5-4-14-9(15)8-16/h4-5,10H,6-8H2,1-3H3,(H,18,19). The summed E-state index contributed by atoms with van der Waals surface area (Å²) in [4.78, 5) is 29.6. The van der Waals surface area contributed by atoms with E-state index in [0.717, 1.165) is 5.82 Å². The number of carboxylic acids is 1. The van der Waals surface area contributed by atoms with E-state index in [1.807, 2.05) is 10.8 Å². The van der Waals surface area contributed by atoms with Crippen molar-refractivity contribution in [3.63, 3.8) is 0 Å². The number of aromatic nitrogens is 2. The van der Waals surface area contributed by atoms with Crippen LogP contribution in [0.15, 0.2) is 12.4 Å². The van der Waals surface area contributed by atoms with Gasteiger partial charge in [0.25, 0.3) is 0 Å². The normalized spacial score (nSPS) is 16.9. The molecule has 6 nitrogen and oxygen atoms in total. The fraction of sp³-hybridized carbons (Fsp3) is 0.615. The molecule has 0 saturated carbocycles. The second-order valence-corrected chi connectivity index (χ2v) is 5.93. The van der Waals surface area contributed by atoms with Crippen LogP contribution in [0.1, 0.15) is 26.6 Å². The van der Waals surface area contributed by atoms with Crippen molar-refractivity contribution in [3.05, 3.63) is 18.2 Å². The Labute approximate surface area is 112 Å². The molecule has 2 rings (SSSR count). The molecule has 6 heteroatoms. The quantitative estimate of drug-likeness (QED) is 0.808. The highest BCUT2D eigenvalue weighted by molar-refractivity contribution is 5.97. The third-order valence-corrected chi connectivity index (χ3v) is 3.42. The fourth-order valence-electron chi connectivity index (χ4n) is 2.39. The number of hydrogen-bond donors (Lipinski definition) is 1. The Morgan fingerprint density at radius 3 is 2.63 bits per heavy atom. The van der Waals surface area contributed by atoms with Gasteiger partial charge in [-0.25, -0.2) is 4.98 Å². The number of carbonyl (C=O) groups excluding carboxylic acids is 1. The number of imidazole rings is 1. The molecule has 19 heavy (non-hydrogen) atoms. The predicted molar refractivity (Wildman–Crippen MR) is 68.2 cm³/mol. The van der Waals surface area contributed by atoms with E-state index in [2.05, 4.69) is 4.98 Å². The summed E-state index contributed by atoms with van der Waals surface area (Å²) >= 11 is 0. The first-order valence-electron chi connectivity index (χ1n) is 6.32. The molecule has 1 amide bonds. The number of carbonyl (C=O) groups is 2. The van der Waals surface area contributed by atoms with E-state index in [1.165, 1.54) is 0 Å². The van der Waals surface area contributed by atoms with Crippen molar-refractivity contribution in [2.24, 2.45) is 11.3 Å². The van der Waals surface area contributed by atoms with E-state index in [0.29, 0.717) is 19.6 Å². The lowest BCUT2D eigenvalue weighted by Gasteiger charge is -2.34. The molecule has 0 fully saturated rings. The van der Waals surface area contributed by atoms with Crippen molar-refractivity contribution in [2.45, 2.75) is 33.9 Å². The van der Waals surface area contributed by atoms with E-state index in [4.69, 9.17) is 0 Å². The van der Waals surface area contributed by atoms with Crippen LogP contribution >= 0.6 is 0 Å². The third kappa shape index (κ3) is 2.62. The molecule has 0 saturated heterocycles. The molecule has 104 valence electrons. The van der Waals surface area contributed by atoms with Gasteiger partial charge in [0.1, 0.15) is 11.7 Å². The zero-order valence-corrected chi connectivity index (χ0v) is 11.5. The van der Waals surface area contributed by atoms with Crippen LogP contribution in [0.4, 0.5) is 0 Å². The molecule has 1 aromatic rings. The van der Waals surface area contributed by atoms with Gasteiger partial charge in [0.05, 0.1) is 6.54 Å². The molecule has 1 N–H and O–H groups in total. The van der Waals surface area contributed by atoms with E-state index in [-0.39, 0.29) is 5.91 Å². The van der Waals surface area contributed by atoms with Crippen molar-refractivity contribution in [1.82, 2.24) is 14.5 Å². The molecule has 0 spiro atoms. The number of fused-ring (bicyclic) bond motifs is 1. The summed E-state index contributed by atoms with van der Waals surface area (Å²) in [5.74, 6) is -1.60. The predicted octanol–water partition coefficient (Wildman–Crippen LogP) is 0.972. The van der Waals surface area contributed by atoms with Gasteiger partial charge >= 0.3 is 5.97 Å². The highest BCUT2D eigenvalue weighted by Crippen LogP contribution is 2.29. The lowest BCUT2D eigenvalue weighted by molar-refractivity contribution is -0.157.